The topological polar surface area (TPSA) is 112 Å². The lowest BCUT2D eigenvalue weighted by Crippen LogP contribution is -2.20. The van der Waals surface area contributed by atoms with Crippen LogP contribution < -0.4 is 11.3 Å². The second kappa shape index (κ2) is 6.99. The Balaban J connectivity index is 0.000000254. The van der Waals surface area contributed by atoms with Crippen molar-refractivity contribution in [1.82, 2.24) is 14.9 Å². The number of carboxylic acids is 1. The molecule has 0 saturated carbocycles. The molecule has 22 heavy (non-hydrogen) atoms. The summed E-state index contributed by atoms with van der Waals surface area (Å²) in [4.78, 5) is 32.6. The summed E-state index contributed by atoms with van der Waals surface area (Å²) in [5.74, 6) is -1.48. The number of hydrogen-bond donors (Lipinski definition) is 3. The molecule has 0 aliphatic heterocycles. The Bertz CT molecular complexity index is 735. The smallest absolute Gasteiger partial charge is 0.372 e. The van der Waals surface area contributed by atoms with Crippen molar-refractivity contribution in [3.63, 3.8) is 0 Å². The van der Waals surface area contributed by atoms with Crippen LogP contribution in [0.4, 0.5) is 0 Å². The van der Waals surface area contributed by atoms with Crippen molar-refractivity contribution >= 4 is 27.5 Å². The zero-order chi connectivity index (χ0) is 16.3. The fourth-order valence-electron chi connectivity index (χ4n) is 2.36. The van der Waals surface area contributed by atoms with Gasteiger partial charge >= 0.3 is 5.97 Å². The molecular formula is C14H20N4O3S. The van der Waals surface area contributed by atoms with Gasteiger partial charge in [-0.05, 0) is 38.9 Å². The van der Waals surface area contributed by atoms with Gasteiger partial charge in [0.05, 0.1) is 5.39 Å². The summed E-state index contributed by atoms with van der Waals surface area (Å²) >= 11 is 1.44. The number of aryl methyl sites for hydroxylation is 2. The van der Waals surface area contributed by atoms with E-state index in [1.54, 1.807) is 0 Å². The monoisotopic (exact) mass is 324 g/mol. The minimum atomic E-state index is -1.20. The predicted octanol–water partition coefficient (Wildman–Crippen LogP) is 0.678. The maximum atomic E-state index is 11.8. The number of aromatic carboxylic acids is 1. The molecule has 0 bridgehead atoms. The van der Waals surface area contributed by atoms with Crippen LogP contribution in [-0.2, 0) is 12.8 Å². The molecule has 2 aromatic rings. The summed E-state index contributed by atoms with van der Waals surface area (Å²) < 4.78 is 0. The lowest BCUT2D eigenvalue weighted by Gasteiger charge is -2.03. The maximum Gasteiger partial charge on any atom is 0.372 e. The van der Waals surface area contributed by atoms with E-state index in [9.17, 15) is 9.59 Å². The molecule has 1 aliphatic carbocycles. The molecule has 2 aromatic heterocycles. The number of fused-ring (bicyclic) bond motifs is 3. The van der Waals surface area contributed by atoms with Crippen LogP contribution in [0.3, 0.4) is 0 Å². The number of carbonyl (C=O) groups is 1. The highest BCUT2D eigenvalue weighted by atomic mass is 32.1. The van der Waals surface area contributed by atoms with Gasteiger partial charge in [-0.3, -0.25) is 4.79 Å². The highest BCUT2D eigenvalue weighted by Crippen LogP contribution is 2.34. The van der Waals surface area contributed by atoms with E-state index in [0.29, 0.717) is 10.2 Å². The molecule has 4 N–H and O–H groups in total. The van der Waals surface area contributed by atoms with Gasteiger partial charge in [0, 0.05) is 18.0 Å². The summed E-state index contributed by atoms with van der Waals surface area (Å²) in [6.07, 6.45) is 2.93. The Hall–Kier alpha value is -1.77. The number of rotatable bonds is 3. The summed E-state index contributed by atoms with van der Waals surface area (Å²) in [6, 6.07) is 0. The van der Waals surface area contributed by atoms with Crippen LogP contribution in [0, 0.1) is 0 Å². The highest BCUT2D eigenvalue weighted by Gasteiger charge is 2.21. The number of aromatic amines is 1. The lowest BCUT2D eigenvalue weighted by molar-refractivity contribution is 0.0683. The average molecular weight is 324 g/mol. The minimum absolute atomic E-state index is 0.280. The van der Waals surface area contributed by atoms with Gasteiger partial charge in [0.25, 0.3) is 5.56 Å². The fraction of sp³-hybridized carbons (Fsp3) is 0.500. The van der Waals surface area contributed by atoms with Gasteiger partial charge in [0.15, 0.2) is 0 Å². The van der Waals surface area contributed by atoms with Crippen molar-refractivity contribution in [1.29, 1.82) is 0 Å². The number of carboxylic acid groups (broad SMARTS) is 1. The van der Waals surface area contributed by atoms with Crippen molar-refractivity contribution in [2.24, 2.45) is 5.73 Å². The van der Waals surface area contributed by atoms with Crippen molar-refractivity contribution in [3.8, 4) is 0 Å². The zero-order valence-electron chi connectivity index (χ0n) is 12.7. The molecule has 0 radical (unpaired) electrons. The largest absolute Gasteiger partial charge is 0.475 e. The van der Waals surface area contributed by atoms with Crippen LogP contribution in [-0.4, -0.2) is 53.1 Å². The third-order valence-corrected chi connectivity index (χ3v) is 4.54. The second-order valence-corrected chi connectivity index (χ2v) is 6.43. The molecular weight excluding hydrogens is 304 g/mol. The first-order valence-corrected chi connectivity index (χ1v) is 7.88. The summed E-state index contributed by atoms with van der Waals surface area (Å²) in [6.45, 7) is 1.74. The van der Waals surface area contributed by atoms with Crippen molar-refractivity contribution < 1.29 is 9.90 Å². The third kappa shape index (κ3) is 3.52. The van der Waals surface area contributed by atoms with Gasteiger partial charge in [0.2, 0.25) is 5.82 Å². The van der Waals surface area contributed by atoms with E-state index >= 15 is 0 Å². The first-order valence-electron chi connectivity index (χ1n) is 7.06. The fourth-order valence-corrected chi connectivity index (χ4v) is 3.62. The van der Waals surface area contributed by atoms with E-state index < -0.39 is 5.97 Å². The SMILES string of the molecule is CN(C)CCN.O=C(O)c1nc2sc3c(c2c(=O)[nH]1)CCC3. The molecule has 8 heteroatoms. The van der Waals surface area contributed by atoms with Crippen molar-refractivity contribution in [2.45, 2.75) is 19.3 Å². The number of thiophene rings is 1. The molecule has 0 atom stereocenters. The molecule has 0 saturated heterocycles. The molecule has 120 valence electrons. The van der Waals surface area contributed by atoms with Gasteiger partial charge in [-0.25, -0.2) is 9.78 Å². The van der Waals surface area contributed by atoms with Crippen LogP contribution in [0.2, 0.25) is 0 Å². The molecule has 1 aliphatic rings. The van der Waals surface area contributed by atoms with E-state index in [2.05, 4.69) is 14.9 Å². The van der Waals surface area contributed by atoms with E-state index in [4.69, 9.17) is 10.8 Å². The Morgan fingerprint density at radius 1 is 1.45 bits per heavy atom. The first-order chi connectivity index (χ1) is 10.4. The quantitative estimate of drug-likeness (QED) is 0.765. The van der Waals surface area contributed by atoms with E-state index in [0.717, 1.165) is 37.9 Å². The van der Waals surface area contributed by atoms with E-state index in [1.807, 2.05) is 14.1 Å². The molecule has 0 fully saturated rings. The normalized spacial score (nSPS) is 13.1. The second-order valence-electron chi connectivity index (χ2n) is 5.35. The highest BCUT2D eigenvalue weighted by molar-refractivity contribution is 7.18. The summed E-state index contributed by atoms with van der Waals surface area (Å²) in [7, 11) is 4.01. The van der Waals surface area contributed by atoms with Crippen molar-refractivity contribution in [2.75, 3.05) is 27.2 Å². The predicted molar refractivity (Wildman–Crippen MR) is 86.8 cm³/mol. The van der Waals surface area contributed by atoms with Crippen LogP contribution in [0.1, 0.15) is 27.5 Å². The number of H-pyrrole nitrogens is 1. The number of nitrogens with one attached hydrogen (secondary N) is 1. The van der Waals surface area contributed by atoms with Crippen LogP contribution in [0.5, 0.6) is 0 Å². The van der Waals surface area contributed by atoms with E-state index in [1.165, 1.54) is 16.2 Å². The molecule has 0 aromatic carbocycles. The Labute approximate surface area is 131 Å². The van der Waals surface area contributed by atoms with Crippen LogP contribution in [0.15, 0.2) is 4.79 Å². The number of nitrogens with zero attached hydrogens (tertiary/aromatic N) is 2. The molecule has 3 rings (SSSR count). The summed E-state index contributed by atoms with van der Waals surface area (Å²) in [5.41, 5.74) is 5.92. The Morgan fingerprint density at radius 2 is 2.18 bits per heavy atom. The standard InChI is InChI=1S/C10H8N2O3S.C4H12N2/c13-8-6-4-2-1-3-5(4)16-9(6)12-7(11-8)10(14)15;1-6(2)4-3-5/h1-3H2,(H,14,15)(H,11,12,13);3-5H2,1-2H3. The van der Waals surface area contributed by atoms with Gasteiger partial charge in [0.1, 0.15) is 4.83 Å². The molecule has 0 amide bonds. The van der Waals surface area contributed by atoms with Crippen molar-refractivity contribution in [3.05, 3.63) is 26.6 Å². The number of hydrogen-bond acceptors (Lipinski definition) is 6. The van der Waals surface area contributed by atoms with E-state index in [-0.39, 0.29) is 11.4 Å². The average Bonchev–Trinajstić information content (AvgIpc) is 2.98. The maximum absolute atomic E-state index is 11.8. The molecule has 0 spiro atoms. The van der Waals surface area contributed by atoms with Crippen LogP contribution >= 0.6 is 11.3 Å². The Kier molecular flexibility index (Phi) is 5.28. The lowest BCUT2D eigenvalue weighted by atomic mass is 10.2. The Morgan fingerprint density at radius 3 is 2.73 bits per heavy atom. The third-order valence-electron chi connectivity index (χ3n) is 3.35. The van der Waals surface area contributed by atoms with Gasteiger partial charge in [-0.2, -0.15) is 0 Å². The summed E-state index contributed by atoms with van der Waals surface area (Å²) in [5, 5.41) is 9.37. The van der Waals surface area contributed by atoms with Crippen LogP contribution in [0.25, 0.3) is 10.2 Å². The zero-order valence-corrected chi connectivity index (χ0v) is 13.5. The van der Waals surface area contributed by atoms with Gasteiger partial charge in [-0.1, -0.05) is 0 Å². The molecule has 7 nitrogen and oxygen atoms in total. The van der Waals surface area contributed by atoms with Gasteiger partial charge < -0.3 is 20.7 Å². The number of aromatic nitrogens is 2. The number of nitrogens with two attached hydrogens (primary N) is 1. The minimum Gasteiger partial charge on any atom is -0.475 e. The number of likely N-dealkylation sites (N-methyl/N-ethyl adjacent to an activating group) is 1. The molecule has 2 heterocycles. The molecule has 0 unspecified atom stereocenters. The van der Waals surface area contributed by atoms with Gasteiger partial charge in [-0.15, -0.1) is 11.3 Å². The first kappa shape index (κ1) is 16.6.